The van der Waals surface area contributed by atoms with Gasteiger partial charge in [0.05, 0.1) is 12.7 Å². The Bertz CT molecular complexity index is 652. The van der Waals surface area contributed by atoms with Gasteiger partial charge in [0.15, 0.2) is 6.29 Å². The Morgan fingerprint density at radius 2 is 1.97 bits per heavy atom. The smallest absolute Gasteiger partial charge is 0.157 e. The van der Waals surface area contributed by atoms with Gasteiger partial charge in [0.25, 0.3) is 0 Å². The Morgan fingerprint density at radius 1 is 1.07 bits per heavy atom. The highest BCUT2D eigenvalue weighted by Gasteiger charge is 2.46. The first-order chi connectivity index (χ1) is 14.8. The molecule has 1 aliphatic heterocycles. The zero-order valence-corrected chi connectivity index (χ0v) is 18.2. The van der Waals surface area contributed by atoms with Crippen molar-refractivity contribution in [1.82, 2.24) is 0 Å². The van der Waals surface area contributed by atoms with Crippen LogP contribution in [0.1, 0.15) is 63.4 Å². The van der Waals surface area contributed by atoms with Gasteiger partial charge < -0.3 is 19.3 Å². The third kappa shape index (κ3) is 5.94. The van der Waals surface area contributed by atoms with E-state index >= 15 is 0 Å². The van der Waals surface area contributed by atoms with E-state index in [2.05, 4.69) is 30.3 Å². The Kier molecular flexibility index (Phi) is 8.38. The van der Waals surface area contributed by atoms with Crippen LogP contribution in [0.25, 0.3) is 0 Å². The molecule has 0 spiro atoms. The van der Waals surface area contributed by atoms with Gasteiger partial charge in [-0.3, -0.25) is 0 Å². The van der Waals surface area contributed by atoms with Gasteiger partial charge in [-0.15, -0.1) is 0 Å². The number of aliphatic hydroxyl groups excluding tert-OH is 1. The minimum atomic E-state index is -0.0517. The van der Waals surface area contributed by atoms with E-state index in [1.807, 2.05) is 6.07 Å². The fraction of sp³-hybridized carbons (Fsp3) is 0.692. The number of ether oxygens (including phenoxy) is 3. The van der Waals surface area contributed by atoms with Crippen molar-refractivity contribution in [3.8, 4) is 0 Å². The molecule has 0 bridgehead atoms. The summed E-state index contributed by atoms with van der Waals surface area (Å²) in [5.74, 6) is 1.41. The van der Waals surface area contributed by atoms with Crippen molar-refractivity contribution in [2.24, 2.45) is 17.8 Å². The minimum Gasteiger partial charge on any atom is -0.396 e. The normalized spacial score (nSPS) is 31.0. The number of aliphatic hydroxyl groups is 1. The van der Waals surface area contributed by atoms with Gasteiger partial charge in [-0.25, -0.2) is 0 Å². The van der Waals surface area contributed by atoms with E-state index < -0.39 is 0 Å². The predicted octanol–water partition coefficient (Wildman–Crippen LogP) is 5.25. The van der Waals surface area contributed by atoms with Crippen LogP contribution in [0.2, 0.25) is 0 Å². The number of hydrogen-bond donors (Lipinski definition) is 1. The zero-order valence-electron chi connectivity index (χ0n) is 18.2. The van der Waals surface area contributed by atoms with E-state index in [0.717, 1.165) is 45.3 Å². The molecule has 0 amide bonds. The van der Waals surface area contributed by atoms with E-state index in [-0.39, 0.29) is 24.9 Å². The third-order valence-corrected chi connectivity index (χ3v) is 7.10. The summed E-state index contributed by atoms with van der Waals surface area (Å²) in [5, 5.41) is 10.0. The van der Waals surface area contributed by atoms with E-state index in [1.54, 1.807) is 5.57 Å². The molecule has 4 nitrogen and oxygen atoms in total. The first-order valence-corrected chi connectivity index (χ1v) is 12.0. The fourth-order valence-corrected chi connectivity index (χ4v) is 5.48. The number of hydrogen-bond acceptors (Lipinski definition) is 4. The van der Waals surface area contributed by atoms with Crippen molar-refractivity contribution in [2.45, 2.75) is 76.8 Å². The molecule has 1 N–H and O–H groups in total. The highest BCUT2D eigenvalue weighted by Crippen LogP contribution is 2.49. The summed E-state index contributed by atoms with van der Waals surface area (Å²) in [6, 6.07) is 10.4. The van der Waals surface area contributed by atoms with E-state index in [0.29, 0.717) is 18.4 Å². The standard InChI is InChI=1S/C26H38O4/c27-18-24-23-16-21(11-5-2-7-13-28-19-20-9-3-1-4-10-20)15-22(23)17-25(24)30-26-12-6-8-14-29-26/h1,3-4,9-10,15,22-27H,2,5-8,11-14,16-19H2/t22-,23-,24+,25+,26?/m1/s1. The first-order valence-electron chi connectivity index (χ1n) is 12.0. The van der Waals surface area contributed by atoms with Crippen LogP contribution in [-0.2, 0) is 20.8 Å². The molecule has 1 unspecified atom stereocenters. The molecule has 1 saturated carbocycles. The van der Waals surface area contributed by atoms with Crippen LogP contribution in [0.15, 0.2) is 42.0 Å². The summed E-state index contributed by atoms with van der Waals surface area (Å²) in [6.07, 6.45) is 12.9. The fourth-order valence-electron chi connectivity index (χ4n) is 5.48. The SMILES string of the molecule is OC[C@H]1[C@@H]2CC(CCCCCOCc3ccccc3)=C[C@@H]2C[C@@H]1OC1CCCCO1. The molecule has 4 rings (SSSR count). The molecule has 0 aromatic heterocycles. The molecule has 1 saturated heterocycles. The topological polar surface area (TPSA) is 47.9 Å². The molecule has 0 radical (unpaired) electrons. The van der Waals surface area contributed by atoms with Crippen molar-refractivity contribution in [3.05, 3.63) is 47.5 Å². The van der Waals surface area contributed by atoms with Gasteiger partial charge in [0.2, 0.25) is 0 Å². The molecule has 1 heterocycles. The molecule has 5 atom stereocenters. The zero-order chi connectivity index (χ0) is 20.6. The van der Waals surface area contributed by atoms with Crippen molar-refractivity contribution < 1.29 is 19.3 Å². The molecular formula is C26H38O4. The van der Waals surface area contributed by atoms with Crippen LogP contribution >= 0.6 is 0 Å². The first kappa shape index (κ1) is 22.0. The second-order valence-corrected chi connectivity index (χ2v) is 9.26. The Labute approximate surface area is 181 Å². The summed E-state index contributed by atoms with van der Waals surface area (Å²) in [4.78, 5) is 0. The molecule has 3 aliphatic rings. The monoisotopic (exact) mass is 414 g/mol. The lowest BCUT2D eigenvalue weighted by molar-refractivity contribution is -0.198. The minimum absolute atomic E-state index is 0.0517. The number of allylic oxidation sites excluding steroid dienone is 2. The summed E-state index contributed by atoms with van der Waals surface area (Å²) in [6.45, 7) is 2.61. The quantitative estimate of drug-likeness (QED) is 0.397. The van der Waals surface area contributed by atoms with Gasteiger partial charge in [0.1, 0.15) is 0 Å². The van der Waals surface area contributed by atoms with E-state index in [9.17, 15) is 5.11 Å². The van der Waals surface area contributed by atoms with Crippen LogP contribution in [-0.4, -0.2) is 37.3 Å². The predicted molar refractivity (Wildman–Crippen MR) is 118 cm³/mol. The van der Waals surface area contributed by atoms with E-state index in [4.69, 9.17) is 14.2 Å². The number of rotatable bonds is 11. The average molecular weight is 415 g/mol. The highest BCUT2D eigenvalue weighted by molar-refractivity contribution is 5.18. The van der Waals surface area contributed by atoms with Crippen LogP contribution in [0.5, 0.6) is 0 Å². The molecule has 4 heteroatoms. The summed E-state index contributed by atoms with van der Waals surface area (Å²) in [7, 11) is 0. The molecular weight excluding hydrogens is 376 g/mol. The number of unbranched alkanes of at least 4 members (excludes halogenated alkanes) is 2. The maximum atomic E-state index is 10.0. The van der Waals surface area contributed by atoms with Gasteiger partial charge in [-0.1, -0.05) is 48.4 Å². The molecule has 1 aromatic rings. The van der Waals surface area contributed by atoms with E-state index in [1.165, 1.54) is 31.2 Å². The maximum Gasteiger partial charge on any atom is 0.157 e. The van der Waals surface area contributed by atoms with Crippen molar-refractivity contribution in [3.63, 3.8) is 0 Å². The molecule has 2 fully saturated rings. The average Bonchev–Trinajstić information content (AvgIpc) is 3.31. The summed E-state index contributed by atoms with van der Waals surface area (Å²) < 4.78 is 17.8. The molecule has 30 heavy (non-hydrogen) atoms. The van der Waals surface area contributed by atoms with Crippen LogP contribution in [0, 0.1) is 17.8 Å². The van der Waals surface area contributed by atoms with Gasteiger partial charge in [-0.05, 0) is 68.8 Å². The second kappa shape index (κ2) is 11.4. The van der Waals surface area contributed by atoms with Crippen molar-refractivity contribution >= 4 is 0 Å². The summed E-state index contributed by atoms with van der Waals surface area (Å²) >= 11 is 0. The van der Waals surface area contributed by atoms with Gasteiger partial charge >= 0.3 is 0 Å². The lowest BCUT2D eigenvalue weighted by Crippen LogP contribution is -2.32. The number of benzene rings is 1. The molecule has 1 aromatic carbocycles. The Balaban J connectivity index is 1.12. The van der Waals surface area contributed by atoms with Crippen LogP contribution in [0.4, 0.5) is 0 Å². The lowest BCUT2D eigenvalue weighted by Gasteiger charge is -2.29. The third-order valence-electron chi connectivity index (χ3n) is 7.10. The van der Waals surface area contributed by atoms with Crippen molar-refractivity contribution in [2.75, 3.05) is 19.8 Å². The highest BCUT2D eigenvalue weighted by atomic mass is 16.7. The van der Waals surface area contributed by atoms with Gasteiger partial charge in [-0.2, -0.15) is 0 Å². The largest absolute Gasteiger partial charge is 0.396 e. The van der Waals surface area contributed by atoms with Gasteiger partial charge in [0, 0.05) is 25.7 Å². The Morgan fingerprint density at radius 3 is 2.77 bits per heavy atom. The van der Waals surface area contributed by atoms with Crippen LogP contribution in [0.3, 0.4) is 0 Å². The lowest BCUT2D eigenvalue weighted by atomic mass is 9.89. The summed E-state index contributed by atoms with van der Waals surface area (Å²) in [5.41, 5.74) is 2.84. The molecule has 2 aliphatic carbocycles. The van der Waals surface area contributed by atoms with Crippen molar-refractivity contribution in [1.29, 1.82) is 0 Å². The Hall–Kier alpha value is -1.20. The van der Waals surface area contributed by atoms with Crippen LogP contribution < -0.4 is 0 Å². The molecule has 166 valence electrons. The maximum absolute atomic E-state index is 10.0. The number of fused-ring (bicyclic) bond motifs is 1. The second-order valence-electron chi connectivity index (χ2n) is 9.26.